The van der Waals surface area contributed by atoms with Gasteiger partial charge in [0.1, 0.15) is 5.82 Å². The third-order valence-corrected chi connectivity index (χ3v) is 5.60. The van der Waals surface area contributed by atoms with Crippen LogP contribution in [0.1, 0.15) is 33.8 Å². The van der Waals surface area contributed by atoms with Gasteiger partial charge >= 0.3 is 0 Å². The maximum Gasteiger partial charge on any atom is 0.253 e. The highest BCUT2D eigenvalue weighted by molar-refractivity contribution is 7.22. The molecular formula is C19H18FN3OS. The molecule has 3 aromatic rings. The molecule has 1 aliphatic heterocycles. The van der Waals surface area contributed by atoms with Crippen LogP contribution in [0.15, 0.2) is 36.4 Å². The lowest BCUT2D eigenvalue weighted by atomic mass is 9.98. The van der Waals surface area contributed by atoms with Crippen LogP contribution in [0.4, 0.5) is 9.52 Å². The molecule has 4 nitrogen and oxygen atoms in total. The largest absolute Gasteiger partial charge is 0.375 e. The molecule has 1 atom stereocenters. The van der Waals surface area contributed by atoms with Crippen LogP contribution in [0, 0.1) is 12.7 Å². The van der Waals surface area contributed by atoms with Crippen molar-refractivity contribution in [3.63, 3.8) is 0 Å². The Bertz CT molecular complexity index is 968. The van der Waals surface area contributed by atoms with Crippen molar-refractivity contribution < 1.29 is 9.18 Å². The number of carbonyl (C=O) groups is 1. The molecule has 1 fully saturated rings. The Morgan fingerprint density at radius 3 is 2.96 bits per heavy atom. The second kappa shape index (κ2) is 6.11. The number of halogens is 1. The van der Waals surface area contributed by atoms with E-state index in [1.165, 1.54) is 17.4 Å². The molecule has 1 aliphatic rings. The number of nitrogens with two attached hydrogens (primary N) is 1. The van der Waals surface area contributed by atoms with Gasteiger partial charge in [0.05, 0.1) is 10.2 Å². The summed E-state index contributed by atoms with van der Waals surface area (Å²) in [6, 6.07) is 10.5. The van der Waals surface area contributed by atoms with Crippen LogP contribution >= 0.6 is 11.3 Å². The van der Waals surface area contributed by atoms with Crippen molar-refractivity contribution in [1.29, 1.82) is 0 Å². The number of benzene rings is 2. The highest BCUT2D eigenvalue weighted by atomic mass is 32.1. The maximum atomic E-state index is 14.0. The lowest BCUT2D eigenvalue weighted by Crippen LogP contribution is -2.28. The number of nitrogens with zero attached hydrogens (tertiary/aromatic N) is 2. The molecule has 2 N–H and O–H groups in total. The van der Waals surface area contributed by atoms with Crippen molar-refractivity contribution >= 4 is 32.6 Å². The van der Waals surface area contributed by atoms with E-state index in [2.05, 4.69) is 4.98 Å². The molecule has 0 spiro atoms. The van der Waals surface area contributed by atoms with E-state index >= 15 is 0 Å². The van der Waals surface area contributed by atoms with Crippen LogP contribution < -0.4 is 5.73 Å². The summed E-state index contributed by atoms with van der Waals surface area (Å²) in [5.74, 6) is -0.163. The van der Waals surface area contributed by atoms with Gasteiger partial charge in [0, 0.05) is 24.6 Å². The molecule has 25 heavy (non-hydrogen) atoms. The first-order chi connectivity index (χ1) is 12.0. The molecule has 0 saturated carbocycles. The fourth-order valence-electron chi connectivity index (χ4n) is 3.52. The molecule has 1 aromatic heterocycles. The first-order valence-electron chi connectivity index (χ1n) is 8.23. The Morgan fingerprint density at radius 1 is 1.36 bits per heavy atom. The first-order valence-corrected chi connectivity index (χ1v) is 9.05. The van der Waals surface area contributed by atoms with Crippen LogP contribution in [0.2, 0.25) is 0 Å². The van der Waals surface area contributed by atoms with E-state index in [1.807, 2.05) is 36.1 Å². The van der Waals surface area contributed by atoms with E-state index < -0.39 is 0 Å². The highest BCUT2D eigenvalue weighted by Crippen LogP contribution is 2.32. The average Bonchev–Trinajstić information content (AvgIpc) is 3.21. The number of thiazole rings is 1. The van der Waals surface area contributed by atoms with Crippen LogP contribution in [0.5, 0.6) is 0 Å². The summed E-state index contributed by atoms with van der Waals surface area (Å²) >= 11 is 1.39. The minimum absolute atomic E-state index is 0.0178. The van der Waals surface area contributed by atoms with Gasteiger partial charge in [0.2, 0.25) is 0 Å². The zero-order valence-corrected chi connectivity index (χ0v) is 14.6. The molecule has 1 saturated heterocycles. The Hall–Kier alpha value is -2.47. The molecule has 1 amide bonds. The van der Waals surface area contributed by atoms with Gasteiger partial charge in [-0.1, -0.05) is 29.5 Å². The fraction of sp³-hybridized carbons (Fsp3) is 0.263. The predicted octanol–water partition coefficient (Wildman–Crippen LogP) is 3.96. The van der Waals surface area contributed by atoms with Gasteiger partial charge in [-0.15, -0.1) is 0 Å². The van der Waals surface area contributed by atoms with Gasteiger partial charge in [-0.2, -0.15) is 0 Å². The second-order valence-corrected chi connectivity index (χ2v) is 7.51. The van der Waals surface area contributed by atoms with Crippen molar-refractivity contribution in [3.05, 3.63) is 58.9 Å². The van der Waals surface area contributed by atoms with Gasteiger partial charge in [0.15, 0.2) is 5.13 Å². The molecule has 4 rings (SSSR count). The van der Waals surface area contributed by atoms with Crippen LogP contribution in [0.25, 0.3) is 10.2 Å². The predicted molar refractivity (Wildman–Crippen MR) is 98.4 cm³/mol. The minimum Gasteiger partial charge on any atom is -0.375 e. The van der Waals surface area contributed by atoms with Crippen LogP contribution in [-0.4, -0.2) is 28.9 Å². The highest BCUT2D eigenvalue weighted by Gasteiger charge is 2.29. The maximum absolute atomic E-state index is 14.0. The van der Waals surface area contributed by atoms with Gasteiger partial charge in [0.25, 0.3) is 5.91 Å². The van der Waals surface area contributed by atoms with E-state index in [0.29, 0.717) is 29.3 Å². The number of fused-ring (bicyclic) bond motifs is 1. The topological polar surface area (TPSA) is 59.2 Å². The Balaban J connectivity index is 1.59. The number of amides is 1. The van der Waals surface area contributed by atoms with Gasteiger partial charge in [-0.3, -0.25) is 4.79 Å². The molecule has 128 valence electrons. The number of aryl methyl sites for hydroxylation is 1. The molecule has 6 heteroatoms. The number of aromatic nitrogens is 1. The number of nitrogen functional groups attached to an aromatic ring is 1. The van der Waals surface area contributed by atoms with E-state index in [1.54, 1.807) is 6.07 Å². The molecule has 2 aromatic carbocycles. The SMILES string of the molecule is Cc1cc(C(=O)N2CC[C@@H](c3ccccc3F)C2)cc2sc(N)nc12. The molecule has 2 heterocycles. The zero-order valence-electron chi connectivity index (χ0n) is 13.8. The fourth-order valence-corrected chi connectivity index (χ4v) is 4.38. The van der Waals surface area contributed by atoms with E-state index in [0.717, 1.165) is 22.2 Å². The second-order valence-electron chi connectivity index (χ2n) is 6.45. The van der Waals surface area contributed by atoms with Crippen molar-refractivity contribution in [1.82, 2.24) is 9.88 Å². The van der Waals surface area contributed by atoms with Crippen molar-refractivity contribution in [2.45, 2.75) is 19.3 Å². The first kappa shape index (κ1) is 16.0. The lowest BCUT2D eigenvalue weighted by Gasteiger charge is -2.17. The van der Waals surface area contributed by atoms with Gasteiger partial charge in [-0.25, -0.2) is 9.37 Å². The summed E-state index contributed by atoms with van der Waals surface area (Å²) in [5, 5.41) is 0.503. The lowest BCUT2D eigenvalue weighted by molar-refractivity contribution is 0.0790. The molecule has 0 radical (unpaired) electrons. The standard InChI is InChI=1S/C19H18FN3OS/c1-11-8-13(9-16-17(11)22-19(21)25-16)18(24)23-7-6-12(10-23)14-4-2-3-5-15(14)20/h2-5,8-9,12H,6-7,10H2,1H3,(H2,21,22)/t12-/m1/s1. The zero-order chi connectivity index (χ0) is 17.6. The Morgan fingerprint density at radius 2 is 2.16 bits per heavy atom. The quantitative estimate of drug-likeness (QED) is 0.757. The smallest absolute Gasteiger partial charge is 0.253 e. The minimum atomic E-state index is -0.195. The third-order valence-electron chi connectivity index (χ3n) is 4.77. The summed E-state index contributed by atoms with van der Waals surface area (Å²) in [7, 11) is 0. The van der Waals surface area contributed by atoms with Gasteiger partial charge in [-0.05, 0) is 42.7 Å². The van der Waals surface area contributed by atoms with E-state index in [-0.39, 0.29) is 17.6 Å². The van der Waals surface area contributed by atoms with Crippen molar-refractivity contribution in [2.24, 2.45) is 0 Å². The Labute approximate surface area is 149 Å². The van der Waals surface area contributed by atoms with E-state index in [4.69, 9.17) is 5.73 Å². The Kier molecular flexibility index (Phi) is 3.92. The molecule has 0 aliphatic carbocycles. The molecule has 0 unspecified atom stereocenters. The normalized spacial score (nSPS) is 17.4. The number of likely N-dealkylation sites (tertiary alicyclic amines) is 1. The monoisotopic (exact) mass is 355 g/mol. The average molecular weight is 355 g/mol. The van der Waals surface area contributed by atoms with Crippen LogP contribution in [-0.2, 0) is 0 Å². The molecular weight excluding hydrogens is 337 g/mol. The third kappa shape index (κ3) is 2.87. The number of hydrogen-bond donors (Lipinski definition) is 1. The number of carbonyl (C=O) groups excluding carboxylic acids is 1. The van der Waals surface area contributed by atoms with Crippen molar-refractivity contribution in [2.75, 3.05) is 18.8 Å². The van der Waals surface area contributed by atoms with Gasteiger partial charge < -0.3 is 10.6 Å². The van der Waals surface area contributed by atoms with Crippen LogP contribution in [0.3, 0.4) is 0 Å². The summed E-state index contributed by atoms with van der Waals surface area (Å²) < 4.78 is 14.9. The molecule has 0 bridgehead atoms. The number of rotatable bonds is 2. The number of anilines is 1. The summed E-state index contributed by atoms with van der Waals surface area (Å²) in [6.07, 6.45) is 0.779. The summed E-state index contributed by atoms with van der Waals surface area (Å²) in [5.41, 5.74) is 8.91. The van der Waals surface area contributed by atoms with E-state index in [9.17, 15) is 9.18 Å². The summed E-state index contributed by atoms with van der Waals surface area (Å²) in [6.45, 7) is 3.12. The van der Waals surface area contributed by atoms with Crippen molar-refractivity contribution in [3.8, 4) is 0 Å². The summed E-state index contributed by atoms with van der Waals surface area (Å²) in [4.78, 5) is 19.0. The number of hydrogen-bond acceptors (Lipinski definition) is 4.